The zero-order chi connectivity index (χ0) is 17.1. The predicted octanol–water partition coefficient (Wildman–Crippen LogP) is 2.86. The Morgan fingerprint density at radius 2 is 1.92 bits per heavy atom. The summed E-state index contributed by atoms with van der Waals surface area (Å²) in [5.74, 6) is 1.09. The minimum Gasteiger partial charge on any atom is -0.352 e. The van der Waals surface area contributed by atoms with E-state index in [1.807, 2.05) is 30.3 Å². The van der Waals surface area contributed by atoms with Crippen LogP contribution in [-0.4, -0.2) is 27.2 Å². The standard InChI is InChI=1S/C20H20N4O/c25-20(22-11-17-10-19(17)15-6-2-1-3-7-15)18-9-5-4-8-16(18)12-24-14-21-13-23-24/h1-9,13-14,17,19H,10-12H2,(H,22,25)/t17-,19-/m0/s1. The van der Waals surface area contributed by atoms with E-state index in [9.17, 15) is 4.79 Å². The van der Waals surface area contributed by atoms with Gasteiger partial charge in [-0.3, -0.25) is 4.79 Å². The van der Waals surface area contributed by atoms with Gasteiger partial charge >= 0.3 is 0 Å². The van der Waals surface area contributed by atoms with Gasteiger partial charge in [-0.05, 0) is 35.4 Å². The van der Waals surface area contributed by atoms with E-state index in [4.69, 9.17) is 0 Å². The van der Waals surface area contributed by atoms with Crippen LogP contribution in [0.3, 0.4) is 0 Å². The predicted molar refractivity (Wildman–Crippen MR) is 95.2 cm³/mol. The van der Waals surface area contributed by atoms with Gasteiger partial charge in [0.25, 0.3) is 5.91 Å². The van der Waals surface area contributed by atoms with Crippen molar-refractivity contribution in [2.45, 2.75) is 18.9 Å². The molecule has 1 aliphatic rings. The summed E-state index contributed by atoms with van der Waals surface area (Å²) in [7, 11) is 0. The molecule has 0 radical (unpaired) electrons. The second-order valence-electron chi connectivity index (χ2n) is 6.47. The Labute approximate surface area is 146 Å². The number of hydrogen-bond donors (Lipinski definition) is 1. The minimum absolute atomic E-state index is 0.0190. The molecule has 1 aromatic heterocycles. The van der Waals surface area contributed by atoms with Crippen molar-refractivity contribution < 1.29 is 4.79 Å². The SMILES string of the molecule is O=C(NC[C@@H]1C[C@H]1c1ccccc1)c1ccccc1Cn1cncn1. The van der Waals surface area contributed by atoms with Crippen LogP contribution in [0, 0.1) is 5.92 Å². The molecule has 2 atom stereocenters. The monoisotopic (exact) mass is 332 g/mol. The van der Waals surface area contributed by atoms with Gasteiger partial charge in [-0.15, -0.1) is 0 Å². The van der Waals surface area contributed by atoms with Gasteiger partial charge in [0, 0.05) is 12.1 Å². The zero-order valence-electron chi connectivity index (χ0n) is 13.9. The van der Waals surface area contributed by atoms with Crippen LogP contribution in [0.4, 0.5) is 0 Å². The van der Waals surface area contributed by atoms with Crippen LogP contribution >= 0.6 is 0 Å². The number of amides is 1. The summed E-state index contributed by atoms with van der Waals surface area (Å²) in [6, 6.07) is 18.2. The first-order valence-electron chi connectivity index (χ1n) is 8.55. The number of nitrogens with zero attached hydrogens (tertiary/aromatic N) is 3. The molecule has 126 valence electrons. The summed E-state index contributed by atoms with van der Waals surface area (Å²) in [6.07, 6.45) is 4.30. The van der Waals surface area contributed by atoms with Crippen molar-refractivity contribution in [1.29, 1.82) is 0 Å². The Bertz CT molecular complexity index is 845. The van der Waals surface area contributed by atoms with Gasteiger partial charge in [0.05, 0.1) is 6.54 Å². The van der Waals surface area contributed by atoms with Crippen LogP contribution in [0.5, 0.6) is 0 Å². The van der Waals surface area contributed by atoms with Crippen molar-refractivity contribution in [1.82, 2.24) is 20.1 Å². The Hall–Kier alpha value is -2.95. The van der Waals surface area contributed by atoms with E-state index < -0.39 is 0 Å². The van der Waals surface area contributed by atoms with Crippen LogP contribution in [0.15, 0.2) is 67.3 Å². The van der Waals surface area contributed by atoms with Gasteiger partial charge in [-0.25, -0.2) is 9.67 Å². The van der Waals surface area contributed by atoms with E-state index in [2.05, 4.69) is 39.7 Å². The number of carbonyl (C=O) groups excluding carboxylic acids is 1. The second-order valence-corrected chi connectivity index (χ2v) is 6.47. The van der Waals surface area contributed by atoms with E-state index in [1.54, 1.807) is 11.0 Å². The maximum absolute atomic E-state index is 12.6. The topological polar surface area (TPSA) is 59.8 Å². The Morgan fingerprint density at radius 1 is 1.12 bits per heavy atom. The van der Waals surface area contributed by atoms with Gasteiger partial charge in [-0.2, -0.15) is 5.10 Å². The molecule has 5 heteroatoms. The molecule has 5 nitrogen and oxygen atoms in total. The fraction of sp³-hybridized carbons (Fsp3) is 0.250. The number of rotatable bonds is 6. The molecular weight excluding hydrogens is 312 g/mol. The average molecular weight is 332 g/mol. The van der Waals surface area contributed by atoms with Crippen molar-refractivity contribution >= 4 is 5.91 Å². The third-order valence-electron chi connectivity index (χ3n) is 4.74. The molecule has 0 unspecified atom stereocenters. The smallest absolute Gasteiger partial charge is 0.251 e. The maximum Gasteiger partial charge on any atom is 0.251 e. The lowest BCUT2D eigenvalue weighted by Gasteiger charge is -2.10. The average Bonchev–Trinajstić information content (AvgIpc) is 3.26. The molecule has 1 aliphatic carbocycles. The Kier molecular flexibility index (Phi) is 4.29. The van der Waals surface area contributed by atoms with Crippen molar-refractivity contribution in [3.8, 4) is 0 Å². The van der Waals surface area contributed by atoms with Crippen molar-refractivity contribution in [2.75, 3.05) is 6.54 Å². The number of nitrogens with one attached hydrogen (secondary N) is 1. The molecule has 0 bridgehead atoms. The molecule has 2 aromatic carbocycles. The molecule has 4 rings (SSSR count). The Balaban J connectivity index is 1.37. The van der Waals surface area contributed by atoms with E-state index >= 15 is 0 Å². The van der Waals surface area contributed by atoms with Gasteiger partial charge < -0.3 is 5.32 Å². The third-order valence-corrected chi connectivity index (χ3v) is 4.74. The highest BCUT2D eigenvalue weighted by molar-refractivity contribution is 5.95. The molecule has 1 amide bonds. The Morgan fingerprint density at radius 3 is 2.72 bits per heavy atom. The van der Waals surface area contributed by atoms with E-state index in [0.717, 1.165) is 18.5 Å². The highest BCUT2D eigenvalue weighted by Crippen LogP contribution is 2.46. The summed E-state index contributed by atoms with van der Waals surface area (Å²) in [5.41, 5.74) is 3.02. The van der Waals surface area contributed by atoms with E-state index in [0.29, 0.717) is 23.9 Å². The number of hydrogen-bond acceptors (Lipinski definition) is 3. The first-order valence-corrected chi connectivity index (χ1v) is 8.55. The highest BCUT2D eigenvalue weighted by atomic mass is 16.1. The molecular formula is C20H20N4O. The first kappa shape index (κ1) is 15.6. The fourth-order valence-electron chi connectivity index (χ4n) is 3.27. The van der Waals surface area contributed by atoms with Gasteiger partial charge in [-0.1, -0.05) is 48.5 Å². The van der Waals surface area contributed by atoms with Crippen LogP contribution in [0.1, 0.15) is 33.8 Å². The van der Waals surface area contributed by atoms with E-state index in [-0.39, 0.29) is 5.91 Å². The zero-order valence-corrected chi connectivity index (χ0v) is 13.9. The minimum atomic E-state index is -0.0190. The van der Waals surface area contributed by atoms with E-state index in [1.165, 1.54) is 11.9 Å². The third kappa shape index (κ3) is 3.60. The molecule has 1 fully saturated rings. The van der Waals surface area contributed by atoms with Crippen LogP contribution in [-0.2, 0) is 6.54 Å². The number of carbonyl (C=O) groups is 1. The maximum atomic E-state index is 12.6. The summed E-state index contributed by atoms with van der Waals surface area (Å²) in [4.78, 5) is 16.6. The lowest BCUT2D eigenvalue weighted by molar-refractivity contribution is 0.0950. The number of aromatic nitrogens is 3. The van der Waals surface area contributed by atoms with Crippen LogP contribution in [0.2, 0.25) is 0 Å². The summed E-state index contributed by atoms with van der Waals surface area (Å²) < 4.78 is 1.72. The lowest BCUT2D eigenvalue weighted by atomic mass is 10.1. The molecule has 0 spiro atoms. The highest BCUT2D eigenvalue weighted by Gasteiger charge is 2.38. The summed E-state index contributed by atoms with van der Waals surface area (Å²) in [6.45, 7) is 1.26. The quantitative estimate of drug-likeness (QED) is 0.755. The van der Waals surface area contributed by atoms with Crippen molar-refractivity contribution in [2.24, 2.45) is 5.92 Å². The van der Waals surface area contributed by atoms with Crippen LogP contribution in [0.25, 0.3) is 0 Å². The van der Waals surface area contributed by atoms with Gasteiger partial charge in [0.2, 0.25) is 0 Å². The molecule has 1 heterocycles. The van der Waals surface area contributed by atoms with Gasteiger partial charge in [0.1, 0.15) is 12.7 Å². The number of benzene rings is 2. The summed E-state index contributed by atoms with van der Waals surface area (Å²) in [5, 5.41) is 7.21. The normalized spacial score (nSPS) is 18.7. The largest absolute Gasteiger partial charge is 0.352 e. The molecule has 25 heavy (non-hydrogen) atoms. The summed E-state index contributed by atoms with van der Waals surface area (Å²) >= 11 is 0. The lowest BCUT2D eigenvalue weighted by Crippen LogP contribution is -2.27. The molecule has 3 aromatic rings. The van der Waals surface area contributed by atoms with Gasteiger partial charge in [0.15, 0.2) is 0 Å². The van der Waals surface area contributed by atoms with Crippen molar-refractivity contribution in [3.05, 3.63) is 83.9 Å². The second kappa shape index (κ2) is 6.89. The van der Waals surface area contributed by atoms with Crippen LogP contribution < -0.4 is 5.32 Å². The molecule has 0 saturated heterocycles. The molecule has 1 saturated carbocycles. The first-order chi connectivity index (χ1) is 12.3. The molecule has 0 aliphatic heterocycles. The fourth-order valence-corrected chi connectivity index (χ4v) is 3.27. The van der Waals surface area contributed by atoms with Crippen molar-refractivity contribution in [3.63, 3.8) is 0 Å². The molecule has 1 N–H and O–H groups in total.